The van der Waals surface area contributed by atoms with Gasteiger partial charge in [-0.3, -0.25) is 4.79 Å². The van der Waals surface area contributed by atoms with Gasteiger partial charge in [-0.25, -0.2) is 4.39 Å². The van der Waals surface area contributed by atoms with Crippen LogP contribution in [0.1, 0.15) is 34.5 Å². The quantitative estimate of drug-likeness (QED) is 0.843. The highest BCUT2D eigenvalue weighted by molar-refractivity contribution is 5.95. The van der Waals surface area contributed by atoms with E-state index in [0.29, 0.717) is 16.8 Å². The molecule has 0 spiro atoms. The van der Waals surface area contributed by atoms with Gasteiger partial charge in [0.25, 0.3) is 5.91 Å². The Morgan fingerprint density at radius 3 is 2.60 bits per heavy atom. The van der Waals surface area contributed by atoms with Crippen molar-refractivity contribution in [1.82, 2.24) is 5.32 Å². The first-order chi connectivity index (χ1) is 9.49. The van der Waals surface area contributed by atoms with Gasteiger partial charge in [0.15, 0.2) is 0 Å². The van der Waals surface area contributed by atoms with Gasteiger partial charge in [0.05, 0.1) is 6.04 Å². The molecule has 2 rings (SSSR count). The number of anilines is 1. The number of nitrogens with one attached hydrogen (secondary N) is 1. The van der Waals surface area contributed by atoms with Gasteiger partial charge in [0, 0.05) is 16.8 Å². The Labute approximate surface area is 117 Å². The predicted octanol–water partition coefficient (Wildman–Crippen LogP) is 3.21. The van der Waals surface area contributed by atoms with E-state index in [2.05, 4.69) is 5.32 Å². The third-order valence-electron chi connectivity index (χ3n) is 3.25. The molecule has 20 heavy (non-hydrogen) atoms. The van der Waals surface area contributed by atoms with E-state index in [0.717, 1.165) is 5.56 Å². The summed E-state index contributed by atoms with van der Waals surface area (Å²) in [5.74, 6) is -0.572. The Kier molecular flexibility index (Phi) is 4.03. The zero-order valence-electron chi connectivity index (χ0n) is 11.5. The molecule has 1 atom stereocenters. The molecule has 2 aromatic carbocycles. The Bertz CT molecular complexity index is 640. The number of amides is 1. The molecule has 3 N–H and O–H groups in total. The maximum Gasteiger partial charge on any atom is 0.251 e. The van der Waals surface area contributed by atoms with Gasteiger partial charge in [-0.15, -0.1) is 0 Å². The van der Waals surface area contributed by atoms with Crippen molar-refractivity contribution in [3.05, 3.63) is 65.0 Å². The first-order valence-electron chi connectivity index (χ1n) is 6.40. The normalized spacial score (nSPS) is 11.9. The zero-order chi connectivity index (χ0) is 14.7. The van der Waals surface area contributed by atoms with Crippen LogP contribution in [0.2, 0.25) is 0 Å². The van der Waals surface area contributed by atoms with Gasteiger partial charge < -0.3 is 11.1 Å². The summed E-state index contributed by atoms with van der Waals surface area (Å²) in [4.78, 5) is 12.1. The number of carbonyl (C=O) groups is 1. The molecule has 0 saturated heterocycles. The molecule has 104 valence electrons. The van der Waals surface area contributed by atoms with E-state index >= 15 is 0 Å². The van der Waals surface area contributed by atoms with E-state index < -0.39 is 6.04 Å². The Morgan fingerprint density at radius 2 is 1.95 bits per heavy atom. The second kappa shape index (κ2) is 5.74. The number of hydrogen-bond acceptors (Lipinski definition) is 2. The first-order valence-corrected chi connectivity index (χ1v) is 6.40. The highest BCUT2D eigenvalue weighted by Gasteiger charge is 2.14. The highest BCUT2D eigenvalue weighted by atomic mass is 19.1. The van der Waals surface area contributed by atoms with E-state index in [-0.39, 0.29) is 11.7 Å². The number of nitrogen functional groups attached to an aromatic ring is 1. The fourth-order valence-electron chi connectivity index (χ4n) is 2.00. The van der Waals surface area contributed by atoms with Crippen molar-refractivity contribution in [3.8, 4) is 0 Å². The van der Waals surface area contributed by atoms with E-state index in [4.69, 9.17) is 5.73 Å². The largest absolute Gasteiger partial charge is 0.399 e. The molecule has 0 aliphatic heterocycles. The van der Waals surface area contributed by atoms with Crippen molar-refractivity contribution in [1.29, 1.82) is 0 Å². The molecule has 2 aromatic rings. The van der Waals surface area contributed by atoms with Crippen molar-refractivity contribution >= 4 is 11.6 Å². The van der Waals surface area contributed by atoms with Crippen molar-refractivity contribution in [2.75, 3.05) is 5.73 Å². The van der Waals surface area contributed by atoms with Gasteiger partial charge in [-0.2, -0.15) is 0 Å². The van der Waals surface area contributed by atoms with Crippen LogP contribution < -0.4 is 11.1 Å². The topological polar surface area (TPSA) is 55.1 Å². The number of nitrogens with two attached hydrogens (primary N) is 1. The van der Waals surface area contributed by atoms with Gasteiger partial charge in [0.2, 0.25) is 0 Å². The first kappa shape index (κ1) is 14.1. The molecule has 3 nitrogen and oxygen atoms in total. The summed E-state index contributed by atoms with van der Waals surface area (Å²) in [5, 5.41) is 2.78. The molecular formula is C16H17FN2O. The van der Waals surface area contributed by atoms with Crippen LogP contribution in [0.15, 0.2) is 42.5 Å². The number of carbonyl (C=O) groups excluding carboxylic acids is 1. The molecule has 1 unspecified atom stereocenters. The Morgan fingerprint density at radius 1 is 1.25 bits per heavy atom. The van der Waals surface area contributed by atoms with E-state index in [9.17, 15) is 9.18 Å². The average Bonchev–Trinajstić information content (AvgIpc) is 2.42. The van der Waals surface area contributed by atoms with Crippen LogP contribution in [0, 0.1) is 12.7 Å². The highest BCUT2D eigenvalue weighted by Crippen LogP contribution is 2.18. The number of halogens is 1. The summed E-state index contributed by atoms with van der Waals surface area (Å²) in [6.45, 7) is 3.59. The minimum Gasteiger partial charge on any atom is -0.399 e. The standard InChI is InChI=1S/C16H17FN2O/c1-10-9-12(7-8-15(10)18)16(20)19-11(2)13-5-3-4-6-14(13)17/h3-9,11H,18H2,1-2H3,(H,19,20). The van der Waals surface area contributed by atoms with Gasteiger partial charge in [-0.05, 0) is 43.7 Å². The number of rotatable bonds is 3. The maximum absolute atomic E-state index is 13.6. The summed E-state index contributed by atoms with van der Waals surface area (Å²) in [7, 11) is 0. The number of hydrogen-bond donors (Lipinski definition) is 2. The van der Waals surface area contributed by atoms with Gasteiger partial charge in [-0.1, -0.05) is 18.2 Å². The summed E-state index contributed by atoms with van der Waals surface area (Å²) >= 11 is 0. The van der Waals surface area contributed by atoms with E-state index in [1.807, 2.05) is 6.92 Å². The fraction of sp³-hybridized carbons (Fsp3) is 0.188. The maximum atomic E-state index is 13.6. The van der Waals surface area contributed by atoms with Crippen molar-refractivity contribution in [3.63, 3.8) is 0 Å². The van der Waals surface area contributed by atoms with E-state index in [1.54, 1.807) is 43.3 Å². The summed E-state index contributed by atoms with van der Waals surface area (Å²) in [6.07, 6.45) is 0. The molecule has 0 aliphatic rings. The molecule has 0 radical (unpaired) electrons. The van der Waals surface area contributed by atoms with Crippen LogP contribution in [0.5, 0.6) is 0 Å². The molecule has 0 aromatic heterocycles. The lowest BCUT2D eigenvalue weighted by Gasteiger charge is -2.15. The molecule has 0 bridgehead atoms. The molecule has 4 heteroatoms. The van der Waals surface area contributed by atoms with Gasteiger partial charge >= 0.3 is 0 Å². The molecule has 0 heterocycles. The van der Waals surface area contributed by atoms with Crippen molar-refractivity contribution in [2.45, 2.75) is 19.9 Å². The second-order valence-electron chi connectivity index (χ2n) is 4.79. The molecular weight excluding hydrogens is 255 g/mol. The van der Waals surface area contributed by atoms with Crippen LogP contribution in [-0.4, -0.2) is 5.91 Å². The third-order valence-corrected chi connectivity index (χ3v) is 3.25. The number of benzene rings is 2. The predicted molar refractivity (Wildman–Crippen MR) is 77.9 cm³/mol. The second-order valence-corrected chi connectivity index (χ2v) is 4.79. The van der Waals surface area contributed by atoms with E-state index in [1.165, 1.54) is 6.07 Å². The lowest BCUT2D eigenvalue weighted by molar-refractivity contribution is 0.0939. The molecule has 0 saturated carbocycles. The molecule has 1 amide bonds. The smallest absolute Gasteiger partial charge is 0.251 e. The van der Waals surface area contributed by atoms with Crippen LogP contribution in [0.4, 0.5) is 10.1 Å². The summed E-state index contributed by atoms with van der Waals surface area (Å²) < 4.78 is 13.6. The molecule has 0 aliphatic carbocycles. The minimum atomic E-state index is -0.401. The number of aryl methyl sites for hydroxylation is 1. The fourth-order valence-corrected chi connectivity index (χ4v) is 2.00. The van der Waals surface area contributed by atoms with Crippen molar-refractivity contribution in [2.24, 2.45) is 0 Å². The van der Waals surface area contributed by atoms with Gasteiger partial charge in [0.1, 0.15) is 5.82 Å². The monoisotopic (exact) mass is 272 g/mol. The van der Waals surface area contributed by atoms with Crippen molar-refractivity contribution < 1.29 is 9.18 Å². The summed E-state index contributed by atoms with van der Waals surface area (Å²) in [6, 6.07) is 11.1. The summed E-state index contributed by atoms with van der Waals surface area (Å²) in [5.41, 5.74) is 8.19. The third kappa shape index (κ3) is 2.96. The average molecular weight is 272 g/mol. The Balaban J connectivity index is 2.15. The van der Waals surface area contributed by atoms with Crippen LogP contribution >= 0.6 is 0 Å². The SMILES string of the molecule is Cc1cc(C(=O)NC(C)c2ccccc2F)ccc1N. The van der Waals surface area contributed by atoms with Crippen LogP contribution in [0.25, 0.3) is 0 Å². The lowest BCUT2D eigenvalue weighted by Crippen LogP contribution is -2.27. The Hall–Kier alpha value is -2.36. The minimum absolute atomic E-state index is 0.246. The zero-order valence-corrected chi connectivity index (χ0v) is 11.5. The van der Waals surface area contributed by atoms with Crippen LogP contribution in [0.3, 0.4) is 0 Å². The van der Waals surface area contributed by atoms with Crippen LogP contribution in [-0.2, 0) is 0 Å². The molecule has 0 fully saturated rings. The lowest BCUT2D eigenvalue weighted by atomic mass is 10.1.